The van der Waals surface area contributed by atoms with Crippen LogP contribution >= 0.6 is 0 Å². The van der Waals surface area contributed by atoms with Crippen LogP contribution in [-0.2, 0) is 9.84 Å². The molecule has 2 heterocycles. The molecule has 5 nitrogen and oxygen atoms in total. The summed E-state index contributed by atoms with van der Waals surface area (Å²) in [6, 6.07) is 11.5. The molecule has 0 bridgehead atoms. The van der Waals surface area contributed by atoms with Crippen molar-refractivity contribution >= 4 is 37.5 Å². The highest BCUT2D eigenvalue weighted by Gasteiger charge is 2.30. The molecule has 1 aliphatic heterocycles. The zero-order valence-electron chi connectivity index (χ0n) is 13.2. The van der Waals surface area contributed by atoms with Gasteiger partial charge in [0.25, 0.3) is 5.91 Å². The Morgan fingerprint density at radius 2 is 1.96 bits per heavy atom. The maximum Gasteiger partial charge on any atom is 0.287 e. The van der Waals surface area contributed by atoms with E-state index in [1.165, 1.54) is 0 Å². The van der Waals surface area contributed by atoms with Crippen LogP contribution in [0.2, 0.25) is 0 Å². The van der Waals surface area contributed by atoms with E-state index in [4.69, 9.17) is 4.42 Å². The number of aryl methyl sites for hydroxylation is 1. The Hall–Kier alpha value is -2.34. The number of benzene rings is 2. The zero-order chi connectivity index (χ0) is 16.9. The van der Waals surface area contributed by atoms with Crippen LogP contribution in [0.15, 0.2) is 40.8 Å². The van der Waals surface area contributed by atoms with Gasteiger partial charge in [-0.1, -0.05) is 36.4 Å². The molecular weight excluding hydrogens is 326 g/mol. The van der Waals surface area contributed by atoms with E-state index in [-0.39, 0.29) is 29.2 Å². The first-order valence-electron chi connectivity index (χ1n) is 7.87. The standard InChI is InChI=1S/C18H17NO4S/c1-11-14-7-6-12-4-2-3-5-15(12)17(14)23-16(11)18(20)19-13-8-9-24(21,22)10-13/h2-7,13H,8-10H2,1H3,(H,19,20)/t13-/m1/s1. The molecule has 24 heavy (non-hydrogen) atoms. The van der Waals surface area contributed by atoms with Crippen LogP contribution in [0.5, 0.6) is 0 Å². The summed E-state index contributed by atoms with van der Waals surface area (Å²) in [5.74, 6) is 0.0309. The fourth-order valence-electron chi connectivity index (χ4n) is 3.33. The Bertz CT molecular complexity index is 1070. The van der Waals surface area contributed by atoms with Gasteiger partial charge in [-0.15, -0.1) is 0 Å². The lowest BCUT2D eigenvalue weighted by atomic mass is 10.1. The molecule has 1 saturated heterocycles. The normalized spacial score (nSPS) is 19.8. The molecule has 1 atom stereocenters. The summed E-state index contributed by atoms with van der Waals surface area (Å²) >= 11 is 0. The molecule has 2 aromatic carbocycles. The first kappa shape index (κ1) is 15.2. The first-order chi connectivity index (χ1) is 11.4. The molecule has 1 aromatic heterocycles. The molecule has 4 rings (SSSR count). The lowest BCUT2D eigenvalue weighted by Gasteiger charge is -2.09. The van der Waals surface area contributed by atoms with E-state index < -0.39 is 9.84 Å². The minimum Gasteiger partial charge on any atom is -0.450 e. The maximum absolute atomic E-state index is 12.5. The van der Waals surface area contributed by atoms with Gasteiger partial charge in [-0.2, -0.15) is 0 Å². The molecule has 0 spiro atoms. The number of nitrogens with one attached hydrogen (secondary N) is 1. The summed E-state index contributed by atoms with van der Waals surface area (Å²) in [5, 5.41) is 5.70. The third-order valence-electron chi connectivity index (χ3n) is 4.60. The third-order valence-corrected chi connectivity index (χ3v) is 6.37. The predicted octanol–water partition coefficient (Wildman–Crippen LogP) is 2.81. The van der Waals surface area contributed by atoms with Gasteiger partial charge in [-0.05, 0) is 18.7 Å². The zero-order valence-corrected chi connectivity index (χ0v) is 14.0. The molecule has 0 unspecified atom stereocenters. The fourth-order valence-corrected chi connectivity index (χ4v) is 5.00. The summed E-state index contributed by atoms with van der Waals surface area (Å²) in [5.41, 5.74) is 1.46. The molecule has 0 radical (unpaired) electrons. The van der Waals surface area contributed by atoms with Crippen LogP contribution in [-0.4, -0.2) is 31.9 Å². The van der Waals surface area contributed by atoms with Crippen molar-refractivity contribution < 1.29 is 17.6 Å². The molecule has 0 saturated carbocycles. The molecule has 1 fully saturated rings. The van der Waals surface area contributed by atoms with E-state index in [0.29, 0.717) is 12.0 Å². The highest BCUT2D eigenvalue weighted by atomic mass is 32.2. The topological polar surface area (TPSA) is 76.4 Å². The molecular formula is C18H17NO4S. The number of hydrogen-bond acceptors (Lipinski definition) is 4. The molecule has 0 aliphatic carbocycles. The average Bonchev–Trinajstić information content (AvgIpc) is 3.07. The smallest absolute Gasteiger partial charge is 0.287 e. The summed E-state index contributed by atoms with van der Waals surface area (Å²) < 4.78 is 29.0. The van der Waals surface area contributed by atoms with Crippen LogP contribution in [0.25, 0.3) is 21.7 Å². The van der Waals surface area contributed by atoms with Crippen LogP contribution in [0.4, 0.5) is 0 Å². The summed E-state index contributed by atoms with van der Waals surface area (Å²) in [6.45, 7) is 1.85. The third kappa shape index (κ3) is 2.47. The minimum absolute atomic E-state index is 0.000939. The van der Waals surface area contributed by atoms with Gasteiger partial charge in [0.1, 0.15) is 5.58 Å². The minimum atomic E-state index is -3.03. The molecule has 124 valence electrons. The van der Waals surface area contributed by atoms with Gasteiger partial charge in [-0.25, -0.2) is 8.42 Å². The van der Waals surface area contributed by atoms with Crippen molar-refractivity contribution in [2.75, 3.05) is 11.5 Å². The first-order valence-corrected chi connectivity index (χ1v) is 9.69. The van der Waals surface area contributed by atoms with Gasteiger partial charge in [0.15, 0.2) is 15.6 Å². The molecule has 1 aliphatic rings. The number of carbonyl (C=O) groups excluding carboxylic acids is 1. The number of sulfone groups is 1. The average molecular weight is 343 g/mol. The van der Waals surface area contributed by atoms with Gasteiger partial charge in [-0.3, -0.25) is 4.79 Å². The van der Waals surface area contributed by atoms with E-state index in [2.05, 4.69) is 5.32 Å². The lowest BCUT2D eigenvalue weighted by Crippen LogP contribution is -2.35. The summed E-state index contributed by atoms with van der Waals surface area (Å²) in [7, 11) is -3.03. The van der Waals surface area contributed by atoms with Crippen LogP contribution in [0.1, 0.15) is 22.5 Å². The molecule has 3 aromatic rings. The van der Waals surface area contributed by atoms with Crippen LogP contribution < -0.4 is 5.32 Å². The van der Waals surface area contributed by atoms with Crippen LogP contribution in [0.3, 0.4) is 0 Å². The van der Waals surface area contributed by atoms with Gasteiger partial charge in [0, 0.05) is 22.4 Å². The number of amides is 1. The fraction of sp³-hybridized carbons (Fsp3) is 0.278. The summed E-state index contributed by atoms with van der Waals surface area (Å²) in [6.07, 6.45) is 0.455. The highest BCUT2D eigenvalue weighted by Crippen LogP contribution is 2.31. The van der Waals surface area contributed by atoms with E-state index >= 15 is 0 Å². The quantitative estimate of drug-likeness (QED) is 0.776. The van der Waals surface area contributed by atoms with Crippen LogP contribution in [0, 0.1) is 6.92 Å². The van der Waals surface area contributed by atoms with E-state index in [0.717, 1.165) is 21.7 Å². The highest BCUT2D eigenvalue weighted by molar-refractivity contribution is 7.91. The van der Waals surface area contributed by atoms with E-state index in [9.17, 15) is 13.2 Å². The van der Waals surface area contributed by atoms with E-state index in [1.54, 1.807) is 0 Å². The Kier molecular flexibility index (Phi) is 3.38. The van der Waals surface area contributed by atoms with Crippen molar-refractivity contribution in [3.63, 3.8) is 0 Å². The second-order valence-electron chi connectivity index (χ2n) is 6.29. The number of carbonyl (C=O) groups is 1. The van der Waals surface area contributed by atoms with Crippen molar-refractivity contribution in [1.29, 1.82) is 0 Å². The Labute approximate surface area is 139 Å². The summed E-state index contributed by atoms with van der Waals surface area (Å²) in [4.78, 5) is 12.5. The van der Waals surface area contributed by atoms with Gasteiger partial charge >= 0.3 is 0 Å². The SMILES string of the molecule is Cc1c(C(=O)N[C@@H]2CCS(=O)(=O)C2)oc2c1ccc1ccccc12. The second-order valence-corrected chi connectivity index (χ2v) is 8.52. The van der Waals surface area contributed by atoms with Crippen molar-refractivity contribution in [3.05, 3.63) is 47.7 Å². The van der Waals surface area contributed by atoms with Crippen molar-refractivity contribution in [3.8, 4) is 0 Å². The van der Waals surface area contributed by atoms with Gasteiger partial charge in [0.2, 0.25) is 0 Å². The van der Waals surface area contributed by atoms with Crippen molar-refractivity contribution in [2.24, 2.45) is 0 Å². The molecule has 1 N–H and O–H groups in total. The van der Waals surface area contributed by atoms with Crippen molar-refractivity contribution in [2.45, 2.75) is 19.4 Å². The monoisotopic (exact) mass is 343 g/mol. The van der Waals surface area contributed by atoms with Crippen molar-refractivity contribution in [1.82, 2.24) is 5.32 Å². The maximum atomic E-state index is 12.5. The number of hydrogen-bond donors (Lipinski definition) is 1. The number of furan rings is 1. The van der Waals surface area contributed by atoms with Gasteiger partial charge < -0.3 is 9.73 Å². The molecule has 1 amide bonds. The number of rotatable bonds is 2. The largest absolute Gasteiger partial charge is 0.450 e. The molecule has 6 heteroatoms. The lowest BCUT2D eigenvalue weighted by molar-refractivity contribution is 0.0914. The number of fused-ring (bicyclic) bond motifs is 3. The Balaban J connectivity index is 1.73. The van der Waals surface area contributed by atoms with Gasteiger partial charge in [0.05, 0.1) is 11.5 Å². The Morgan fingerprint density at radius 3 is 2.71 bits per heavy atom. The predicted molar refractivity (Wildman–Crippen MR) is 93.0 cm³/mol. The Morgan fingerprint density at radius 1 is 1.17 bits per heavy atom. The second kappa shape index (κ2) is 5.34. The van der Waals surface area contributed by atoms with E-state index in [1.807, 2.05) is 43.3 Å².